The van der Waals surface area contributed by atoms with E-state index in [-0.39, 0.29) is 11.1 Å². The quantitative estimate of drug-likeness (QED) is 0.722. The van der Waals surface area contributed by atoms with Crippen LogP contribution in [-0.4, -0.2) is 71.2 Å². The fraction of sp³-hybridized carbons (Fsp3) is 0.333. The predicted octanol–water partition coefficient (Wildman–Crippen LogP) is 2.95. The summed E-state index contributed by atoms with van der Waals surface area (Å²) in [5.74, 6) is 0.619. The van der Waals surface area contributed by atoms with Gasteiger partial charge in [0.2, 0.25) is 0 Å². The molecule has 3 heterocycles. The number of carbonyl (C=O) groups is 2. The number of nitrogens with zero attached hydrogens (tertiary/aromatic N) is 5. The van der Waals surface area contributed by atoms with Crippen LogP contribution in [0.15, 0.2) is 41.6 Å². The van der Waals surface area contributed by atoms with E-state index in [2.05, 4.69) is 21.8 Å². The number of likely N-dealkylation sites (N-methyl/N-ethyl adjacent to an activating group) is 2. The third-order valence-electron chi connectivity index (χ3n) is 5.13. The molecule has 0 saturated carbocycles. The van der Waals surface area contributed by atoms with Gasteiger partial charge in [0.25, 0.3) is 11.1 Å². The van der Waals surface area contributed by atoms with Gasteiger partial charge in [-0.05, 0) is 49.5 Å². The second-order valence-corrected chi connectivity index (χ2v) is 8.27. The summed E-state index contributed by atoms with van der Waals surface area (Å²) in [7, 11) is 3.64. The number of carbonyl (C=O) groups excluding carboxylic acids is 2. The number of aromatic nitrogens is 2. The van der Waals surface area contributed by atoms with E-state index < -0.39 is 0 Å². The monoisotopic (exact) mass is 409 g/mol. The van der Waals surface area contributed by atoms with Crippen molar-refractivity contribution in [3.05, 3.63) is 47.1 Å². The highest BCUT2D eigenvalue weighted by Gasteiger charge is 2.31. The second-order valence-electron chi connectivity index (χ2n) is 7.27. The molecule has 0 bridgehead atoms. The molecule has 0 unspecified atom stereocenters. The lowest BCUT2D eigenvalue weighted by atomic mass is 10.1. The number of thioether (sulfide) groups is 1. The lowest BCUT2D eigenvalue weighted by Crippen LogP contribution is -2.29. The summed E-state index contributed by atoms with van der Waals surface area (Å²) in [6.45, 7) is 4.00. The summed E-state index contributed by atoms with van der Waals surface area (Å²) in [6, 6.07) is 7.78. The van der Waals surface area contributed by atoms with Gasteiger partial charge in [-0.3, -0.25) is 19.5 Å². The second kappa shape index (κ2) is 8.34. The Morgan fingerprint density at radius 3 is 2.72 bits per heavy atom. The summed E-state index contributed by atoms with van der Waals surface area (Å²) in [6.07, 6.45) is 6.42. The maximum Gasteiger partial charge on any atom is 0.293 e. The molecule has 2 fully saturated rings. The summed E-state index contributed by atoms with van der Waals surface area (Å²) in [5.41, 5.74) is 2.57. The van der Waals surface area contributed by atoms with Crippen LogP contribution in [0.2, 0.25) is 0 Å². The van der Waals surface area contributed by atoms with Gasteiger partial charge in [-0.2, -0.15) is 0 Å². The normalized spacial score (nSPS) is 19.9. The van der Waals surface area contributed by atoms with Crippen molar-refractivity contribution in [2.24, 2.45) is 0 Å². The molecule has 29 heavy (non-hydrogen) atoms. The van der Waals surface area contributed by atoms with Gasteiger partial charge in [-0.25, -0.2) is 4.98 Å². The minimum Gasteiger partial charge on any atom is -0.354 e. The van der Waals surface area contributed by atoms with Crippen LogP contribution < -0.4 is 4.90 Å². The average Bonchev–Trinajstić information content (AvgIpc) is 2.90. The van der Waals surface area contributed by atoms with Crippen LogP contribution in [-0.2, 0) is 4.79 Å². The van der Waals surface area contributed by atoms with Crippen LogP contribution in [0, 0.1) is 0 Å². The SMILES string of the molecule is CN1CCCN(c2cncc(-c3cccc(C=C4SC(=O)N(C)C4=O)c3)n2)CC1. The molecule has 8 heteroatoms. The standard InChI is InChI=1S/C21H23N5O2S/c1-24-7-4-8-26(10-9-24)19-14-22-13-17(23-19)16-6-3-5-15(11-16)12-18-20(27)25(2)21(28)29-18/h3,5-6,11-14H,4,7-10H2,1-2H3. The van der Waals surface area contributed by atoms with E-state index in [1.54, 1.807) is 12.3 Å². The number of rotatable bonds is 3. The molecule has 0 spiro atoms. The van der Waals surface area contributed by atoms with E-state index in [1.807, 2.05) is 30.5 Å². The van der Waals surface area contributed by atoms with Gasteiger partial charge >= 0.3 is 0 Å². The highest BCUT2D eigenvalue weighted by Crippen LogP contribution is 2.31. The first kappa shape index (κ1) is 19.6. The minimum absolute atomic E-state index is 0.251. The maximum atomic E-state index is 12.1. The molecule has 0 atom stereocenters. The Kier molecular flexibility index (Phi) is 5.64. The van der Waals surface area contributed by atoms with E-state index in [1.165, 1.54) is 7.05 Å². The number of imide groups is 1. The molecular formula is C21H23N5O2S. The molecule has 2 aliphatic heterocycles. The van der Waals surface area contributed by atoms with Gasteiger partial charge in [-0.15, -0.1) is 0 Å². The zero-order valence-electron chi connectivity index (χ0n) is 16.5. The molecule has 0 N–H and O–H groups in total. The Bertz CT molecular complexity index is 977. The van der Waals surface area contributed by atoms with E-state index >= 15 is 0 Å². The fourth-order valence-corrected chi connectivity index (χ4v) is 4.23. The average molecular weight is 410 g/mol. The van der Waals surface area contributed by atoms with E-state index in [4.69, 9.17) is 4.98 Å². The fourth-order valence-electron chi connectivity index (χ4n) is 3.41. The van der Waals surface area contributed by atoms with Crippen molar-refractivity contribution in [3.63, 3.8) is 0 Å². The molecule has 2 saturated heterocycles. The van der Waals surface area contributed by atoms with Crippen LogP contribution in [0.3, 0.4) is 0 Å². The number of hydrogen-bond donors (Lipinski definition) is 0. The zero-order valence-corrected chi connectivity index (χ0v) is 17.4. The van der Waals surface area contributed by atoms with Gasteiger partial charge in [-0.1, -0.05) is 18.2 Å². The van der Waals surface area contributed by atoms with Crippen molar-refractivity contribution in [1.82, 2.24) is 19.8 Å². The molecule has 2 aliphatic rings. The van der Waals surface area contributed by atoms with Crippen LogP contribution in [0.5, 0.6) is 0 Å². The van der Waals surface area contributed by atoms with Crippen LogP contribution in [0.25, 0.3) is 17.3 Å². The predicted molar refractivity (Wildman–Crippen MR) is 116 cm³/mol. The molecule has 1 aromatic carbocycles. The van der Waals surface area contributed by atoms with Gasteiger partial charge in [0.05, 0.1) is 23.0 Å². The highest BCUT2D eigenvalue weighted by atomic mass is 32.2. The molecule has 150 valence electrons. The largest absolute Gasteiger partial charge is 0.354 e. The first-order valence-corrected chi connectivity index (χ1v) is 10.4. The Balaban J connectivity index is 1.59. The Morgan fingerprint density at radius 2 is 1.93 bits per heavy atom. The summed E-state index contributed by atoms with van der Waals surface area (Å²) < 4.78 is 0. The number of amides is 2. The van der Waals surface area contributed by atoms with Crippen molar-refractivity contribution in [2.45, 2.75) is 6.42 Å². The molecular weight excluding hydrogens is 386 g/mol. The van der Waals surface area contributed by atoms with Gasteiger partial charge in [0, 0.05) is 32.2 Å². The molecule has 2 aromatic rings. The third kappa shape index (κ3) is 4.33. The third-order valence-corrected chi connectivity index (χ3v) is 6.09. The number of anilines is 1. The topological polar surface area (TPSA) is 69.6 Å². The molecule has 2 amide bonds. The number of hydrogen-bond acceptors (Lipinski definition) is 7. The lowest BCUT2D eigenvalue weighted by molar-refractivity contribution is -0.121. The first-order valence-electron chi connectivity index (χ1n) is 9.59. The van der Waals surface area contributed by atoms with Crippen molar-refractivity contribution >= 4 is 34.8 Å². The van der Waals surface area contributed by atoms with Gasteiger partial charge < -0.3 is 9.80 Å². The Labute approximate surface area is 174 Å². The molecule has 0 radical (unpaired) electrons. The Morgan fingerprint density at radius 1 is 1.07 bits per heavy atom. The molecule has 1 aromatic heterocycles. The van der Waals surface area contributed by atoms with E-state index in [9.17, 15) is 9.59 Å². The first-order chi connectivity index (χ1) is 14.0. The van der Waals surface area contributed by atoms with Crippen molar-refractivity contribution in [2.75, 3.05) is 45.2 Å². The van der Waals surface area contributed by atoms with E-state index in [0.717, 1.165) is 71.9 Å². The molecule has 7 nitrogen and oxygen atoms in total. The van der Waals surface area contributed by atoms with Crippen molar-refractivity contribution in [3.8, 4) is 11.3 Å². The highest BCUT2D eigenvalue weighted by molar-refractivity contribution is 8.18. The minimum atomic E-state index is -0.265. The van der Waals surface area contributed by atoms with Crippen molar-refractivity contribution in [1.29, 1.82) is 0 Å². The Hall–Kier alpha value is -2.71. The lowest BCUT2D eigenvalue weighted by Gasteiger charge is -2.21. The smallest absolute Gasteiger partial charge is 0.293 e. The number of benzene rings is 1. The van der Waals surface area contributed by atoms with Gasteiger partial charge in [0.1, 0.15) is 5.82 Å². The molecule has 0 aliphatic carbocycles. The summed E-state index contributed by atoms with van der Waals surface area (Å²) >= 11 is 0.962. The summed E-state index contributed by atoms with van der Waals surface area (Å²) in [4.78, 5) is 39.3. The summed E-state index contributed by atoms with van der Waals surface area (Å²) in [5, 5.41) is -0.251. The molecule has 4 rings (SSSR count). The van der Waals surface area contributed by atoms with Crippen LogP contribution >= 0.6 is 11.8 Å². The van der Waals surface area contributed by atoms with Crippen LogP contribution in [0.4, 0.5) is 10.6 Å². The van der Waals surface area contributed by atoms with E-state index in [0.29, 0.717) is 4.91 Å². The zero-order chi connectivity index (χ0) is 20.4. The maximum absolute atomic E-state index is 12.1. The van der Waals surface area contributed by atoms with Gasteiger partial charge in [0.15, 0.2) is 0 Å². The van der Waals surface area contributed by atoms with Crippen molar-refractivity contribution < 1.29 is 9.59 Å². The van der Waals surface area contributed by atoms with Crippen LogP contribution in [0.1, 0.15) is 12.0 Å².